The van der Waals surface area contributed by atoms with Gasteiger partial charge in [-0.15, -0.1) is 0 Å². The number of amides is 2. The van der Waals surface area contributed by atoms with Crippen LogP contribution >= 0.6 is 11.6 Å². The highest BCUT2D eigenvalue weighted by atomic mass is 35.5. The Morgan fingerprint density at radius 3 is 2.24 bits per heavy atom. The van der Waals surface area contributed by atoms with Crippen LogP contribution < -0.4 is 10.9 Å². The lowest BCUT2D eigenvalue weighted by molar-refractivity contribution is -0.144. The van der Waals surface area contributed by atoms with Crippen molar-refractivity contribution in [1.29, 1.82) is 0 Å². The second-order valence-electron chi connectivity index (χ2n) is 7.74. The maximum atomic E-state index is 12.0. The highest BCUT2D eigenvalue weighted by Crippen LogP contribution is 2.22. The van der Waals surface area contributed by atoms with Crippen LogP contribution in [-0.2, 0) is 20.9 Å². The number of rotatable bonds is 7. The summed E-state index contributed by atoms with van der Waals surface area (Å²) in [5.41, 5.74) is 9.31. The molecule has 0 saturated carbocycles. The van der Waals surface area contributed by atoms with Crippen LogP contribution in [0, 0.1) is 20.8 Å². The van der Waals surface area contributed by atoms with Crippen molar-refractivity contribution in [3.63, 3.8) is 0 Å². The van der Waals surface area contributed by atoms with E-state index in [1.165, 1.54) is 12.2 Å². The number of ether oxygens (including phenoxy) is 1. The third-order valence-electron chi connectivity index (χ3n) is 4.92. The van der Waals surface area contributed by atoms with Gasteiger partial charge in [0.05, 0.1) is 12.2 Å². The van der Waals surface area contributed by atoms with Gasteiger partial charge in [-0.3, -0.25) is 20.4 Å². The largest absolute Gasteiger partial charge is 0.452 e. The molecule has 0 radical (unpaired) electrons. The van der Waals surface area contributed by atoms with Gasteiger partial charge in [0.25, 0.3) is 11.8 Å². The van der Waals surface area contributed by atoms with Crippen molar-refractivity contribution in [2.45, 2.75) is 27.3 Å². The summed E-state index contributed by atoms with van der Waals surface area (Å²) < 4.78 is 6.56. The molecule has 2 N–H and O–H groups in total. The van der Waals surface area contributed by atoms with Gasteiger partial charge in [-0.05, 0) is 44.5 Å². The first-order valence-electron chi connectivity index (χ1n) is 10.5. The molecule has 0 fully saturated rings. The van der Waals surface area contributed by atoms with Gasteiger partial charge in [-0.25, -0.2) is 9.48 Å². The number of aryl methyl sites for hydroxylation is 3. The first-order chi connectivity index (χ1) is 16.2. The minimum Gasteiger partial charge on any atom is -0.452 e. The van der Waals surface area contributed by atoms with Gasteiger partial charge in [0.2, 0.25) is 0 Å². The first-order valence-corrected chi connectivity index (χ1v) is 10.9. The van der Waals surface area contributed by atoms with E-state index in [9.17, 15) is 14.4 Å². The number of nitrogens with one attached hydrogen (secondary N) is 2. The van der Waals surface area contributed by atoms with E-state index in [2.05, 4.69) is 16.0 Å². The lowest BCUT2D eigenvalue weighted by Gasteiger charge is -2.07. The molecule has 1 aromatic heterocycles. The Morgan fingerprint density at radius 2 is 1.59 bits per heavy atom. The summed E-state index contributed by atoms with van der Waals surface area (Å²) in [6.45, 7) is 5.64. The van der Waals surface area contributed by atoms with Gasteiger partial charge in [-0.1, -0.05) is 59.1 Å². The predicted molar refractivity (Wildman–Crippen MR) is 129 cm³/mol. The van der Waals surface area contributed by atoms with Gasteiger partial charge >= 0.3 is 5.97 Å². The van der Waals surface area contributed by atoms with Crippen molar-refractivity contribution in [1.82, 2.24) is 20.6 Å². The van der Waals surface area contributed by atoms with Gasteiger partial charge in [0.1, 0.15) is 5.15 Å². The molecule has 0 saturated heterocycles. The molecule has 0 aliphatic carbocycles. The molecule has 0 atom stereocenters. The smallest absolute Gasteiger partial charge is 0.331 e. The number of carbonyl (C=O) groups excluding carboxylic acids is 3. The standard InChI is InChI=1S/C25H25ClN4O4/c1-16-4-8-19(9-5-16)14-30-24(26)21(18(3)29-30)12-13-23(32)34-15-22(31)27-28-25(33)20-10-6-17(2)7-11-20/h4-13H,14-15H2,1-3H3,(H,27,31)(H,28,33)/b13-12+. The number of hydrogen-bond donors (Lipinski definition) is 2. The van der Waals surface area contributed by atoms with E-state index in [0.717, 1.165) is 16.7 Å². The van der Waals surface area contributed by atoms with Crippen LogP contribution in [0.4, 0.5) is 0 Å². The summed E-state index contributed by atoms with van der Waals surface area (Å²) in [5.74, 6) is -1.89. The van der Waals surface area contributed by atoms with Crippen molar-refractivity contribution < 1.29 is 19.1 Å². The van der Waals surface area contributed by atoms with E-state index in [4.69, 9.17) is 16.3 Å². The number of aromatic nitrogens is 2. The topological polar surface area (TPSA) is 102 Å². The number of esters is 1. The number of hydrazine groups is 1. The van der Waals surface area contributed by atoms with Gasteiger partial charge in [-0.2, -0.15) is 5.10 Å². The fourth-order valence-electron chi connectivity index (χ4n) is 3.00. The fraction of sp³-hybridized carbons (Fsp3) is 0.200. The molecule has 8 nitrogen and oxygen atoms in total. The van der Waals surface area contributed by atoms with Crippen molar-refractivity contribution in [3.05, 3.63) is 93.3 Å². The molecule has 176 valence electrons. The van der Waals surface area contributed by atoms with Crippen LogP contribution in [0.2, 0.25) is 5.15 Å². The molecule has 0 unspecified atom stereocenters. The third-order valence-corrected chi connectivity index (χ3v) is 5.32. The highest BCUT2D eigenvalue weighted by molar-refractivity contribution is 6.31. The molecule has 2 amide bonds. The summed E-state index contributed by atoms with van der Waals surface area (Å²) in [5, 5.41) is 4.82. The molecular formula is C25H25ClN4O4. The molecule has 9 heteroatoms. The second kappa shape index (κ2) is 11.3. The van der Waals surface area contributed by atoms with Crippen molar-refractivity contribution in [2.24, 2.45) is 0 Å². The fourth-order valence-corrected chi connectivity index (χ4v) is 3.30. The van der Waals surface area contributed by atoms with Crippen molar-refractivity contribution in [2.75, 3.05) is 6.61 Å². The Kier molecular flexibility index (Phi) is 8.21. The zero-order valence-corrected chi connectivity index (χ0v) is 19.8. The normalized spacial score (nSPS) is 10.8. The summed E-state index contributed by atoms with van der Waals surface area (Å²) in [6, 6.07) is 14.9. The summed E-state index contributed by atoms with van der Waals surface area (Å²) >= 11 is 6.44. The first kappa shape index (κ1) is 24.7. The number of carbonyl (C=O) groups is 3. The van der Waals surface area contributed by atoms with Gasteiger partial charge in [0, 0.05) is 17.2 Å². The molecule has 34 heavy (non-hydrogen) atoms. The maximum Gasteiger partial charge on any atom is 0.331 e. The highest BCUT2D eigenvalue weighted by Gasteiger charge is 2.13. The van der Waals surface area contributed by atoms with E-state index >= 15 is 0 Å². The third kappa shape index (κ3) is 6.79. The average Bonchev–Trinajstić information content (AvgIpc) is 3.08. The van der Waals surface area contributed by atoms with Crippen molar-refractivity contribution >= 4 is 35.5 Å². The Bertz CT molecular complexity index is 1210. The minimum absolute atomic E-state index is 0.388. The zero-order valence-electron chi connectivity index (χ0n) is 19.1. The van der Waals surface area contributed by atoms with Crippen molar-refractivity contribution in [3.8, 4) is 0 Å². The quantitative estimate of drug-likeness (QED) is 0.306. The Balaban J connectivity index is 1.49. The van der Waals surface area contributed by atoms with Crippen LogP contribution in [0.5, 0.6) is 0 Å². The van der Waals surface area contributed by atoms with E-state index in [-0.39, 0.29) is 0 Å². The number of halogens is 1. The summed E-state index contributed by atoms with van der Waals surface area (Å²) in [4.78, 5) is 35.9. The van der Waals surface area contributed by atoms with Crippen LogP contribution in [0.1, 0.15) is 38.3 Å². The Labute approximate surface area is 202 Å². The van der Waals surface area contributed by atoms with Gasteiger partial charge < -0.3 is 4.74 Å². The number of benzene rings is 2. The lowest BCUT2D eigenvalue weighted by Crippen LogP contribution is -2.43. The summed E-state index contributed by atoms with van der Waals surface area (Å²) in [7, 11) is 0. The Hall–Kier alpha value is -3.91. The number of nitrogens with zero attached hydrogens (tertiary/aromatic N) is 2. The molecule has 2 aromatic carbocycles. The van der Waals surface area contributed by atoms with Crippen LogP contribution in [0.3, 0.4) is 0 Å². The second-order valence-corrected chi connectivity index (χ2v) is 8.10. The minimum atomic E-state index is -0.734. The molecule has 3 rings (SSSR count). The van der Waals surface area contributed by atoms with Crippen LogP contribution in [-0.4, -0.2) is 34.2 Å². The lowest BCUT2D eigenvalue weighted by atomic mass is 10.1. The van der Waals surface area contributed by atoms with Gasteiger partial charge in [0.15, 0.2) is 6.61 Å². The SMILES string of the molecule is Cc1ccc(Cn2nc(C)c(/C=C/C(=O)OCC(=O)NNC(=O)c3ccc(C)cc3)c2Cl)cc1. The maximum absolute atomic E-state index is 12.0. The van der Waals surface area contributed by atoms with E-state index < -0.39 is 24.4 Å². The number of hydrogen-bond acceptors (Lipinski definition) is 5. The molecule has 0 aliphatic heterocycles. The van der Waals surface area contributed by atoms with Crippen LogP contribution in [0.25, 0.3) is 6.08 Å². The van der Waals surface area contributed by atoms with E-state index in [1.807, 2.05) is 38.1 Å². The van der Waals surface area contributed by atoms with Crippen LogP contribution in [0.15, 0.2) is 54.6 Å². The zero-order chi connectivity index (χ0) is 24.7. The predicted octanol–water partition coefficient (Wildman–Crippen LogP) is 3.53. The molecule has 0 aliphatic rings. The monoisotopic (exact) mass is 480 g/mol. The molecular weight excluding hydrogens is 456 g/mol. The van der Waals surface area contributed by atoms with E-state index in [0.29, 0.717) is 28.5 Å². The summed E-state index contributed by atoms with van der Waals surface area (Å²) in [6.07, 6.45) is 2.67. The van der Waals surface area contributed by atoms with E-state index in [1.54, 1.807) is 35.9 Å². The average molecular weight is 481 g/mol. The molecule has 0 bridgehead atoms. The molecule has 3 aromatic rings. The molecule has 0 spiro atoms. The Morgan fingerprint density at radius 1 is 0.971 bits per heavy atom. The molecule has 1 heterocycles.